The van der Waals surface area contributed by atoms with E-state index in [1.165, 1.54) is 32.7 Å². The molecule has 0 amide bonds. The van der Waals surface area contributed by atoms with Crippen molar-refractivity contribution in [3.8, 4) is 23.4 Å². The first-order valence-electron chi connectivity index (χ1n) is 13.5. The Morgan fingerprint density at radius 2 is 1.80 bits per heavy atom. The fraction of sp³-hybridized carbons (Fsp3) is 0.194. The van der Waals surface area contributed by atoms with Gasteiger partial charge in [0.15, 0.2) is 28.8 Å². The maximum Gasteiger partial charge on any atom is 0.358 e. The summed E-state index contributed by atoms with van der Waals surface area (Å²) in [6.07, 6.45) is 1.43. The molecule has 2 heterocycles. The molecule has 5 aromatic rings. The second-order valence-electron chi connectivity index (χ2n) is 9.47. The summed E-state index contributed by atoms with van der Waals surface area (Å²) in [7, 11) is 2.81. The molecule has 1 unspecified atom stereocenters. The number of anilines is 1. The summed E-state index contributed by atoms with van der Waals surface area (Å²) in [4.78, 5) is 33.5. The van der Waals surface area contributed by atoms with Crippen molar-refractivity contribution in [2.45, 2.75) is 19.5 Å². The number of benzene rings is 3. The summed E-state index contributed by atoms with van der Waals surface area (Å²) in [6, 6.07) is 19.5. The van der Waals surface area contributed by atoms with Crippen molar-refractivity contribution in [3.63, 3.8) is 0 Å². The predicted molar refractivity (Wildman–Crippen MR) is 158 cm³/mol. The van der Waals surface area contributed by atoms with Crippen LogP contribution < -0.4 is 20.5 Å². The summed E-state index contributed by atoms with van der Waals surface area (Å²) < 4.78 is 34.0. The molecule has 0 aliphatic heterocycles. The second kappa shape index (κ2) is 13.0. The summed E-state index contributed by atoms with van der Waals surface area (Å²) in [5.74, 6) is -0.974. The van der Waals surface area contributed by atoms with Gasteiger partial charge in [0.25, 0.3) is 0 Å². The van der Waals surface area contributed by atoms with Gasteiger partial charge in [-0.3, -0.25) is 4.98 Å². The van der Waals surface area contributed by atoms with Crippen molar-refractivity contribution in [2.75, 3.05) is 26.1 Å². The van der Waals surface area contributed by atoms with Crippen LogP contribution in [0.15, 0.2) is 77.9 Å². The molecule has 13 heteroatoms. The number of esters is 1. The van der Waals surface area contributed by atoms with Crippen LogP contribution in [-0.4, -0.2) is 51.1 Å². The van der Waals surface area contributed by atoms with Gasteiger partial charge in [0, 0.05) is 23.9 Å². The maximum absolute atomic E-state index is 15.6. The zero-order valence-electron chi connectivity index (χ0n) is 24.1. The first-order chi connectivity index (χ1) is 21.4. The number of halogens is 1. The molecule has 0 aliphatic carbocycles. The number of rotatable bonds is 11. The molecule has 0 saturated carbocycles. The minimum absolute atomic E-state index is 0.0119. The Bertz CT molecular complexity index is 1870. The van der Waals surface area contributed by atoms with E-state index in [-0.39, 0.29) is 47.6 Å². The Kier molecular flexibility index (Phi) is 8.71. The minimum Gasteiger partial charge on any atom is -0.493 e. The van der Waals surface area contributed by atoms with Crippen LogP contribution in [0.5, 0.6) is 11.5 Å². The number of imidazole rings is 1. The number of nitrogens with one attached hydrogen (secondary N) is 2. The molecule has 0 bridgehead atoms. The van der Waals surface area contributed by atoms with Gasteiger partial charge >= 0.3 is 11.7 Å². The number of ether oxygens (including phenoxy) is 3. The molecule has 12 nitrogen and oxygen atoms in total. The van der Waals surface area contributed by atoms with E-state index in [0.717, 1.165) is 10.2 Å². The van der Waals surface area contributed by atoms with Crippen molar-refractivity contribution < 1.29 is 23.4 Å². The highest BCUT2D eigenvalue weighted by Gasteiger charge is 2.28. The van der Waals surface area contributed by atoms with E-state index < -0.39 is 23.5 Å². The van der Waals surface area contributed by atoms with Crippen LogP contribution in [0.4, 0.5) is 10.1 Å². The van der Waals surface area contributed by atoms with Gasteiger partial charge < -0.3 is 24.1 Å². The van der Waals surface area contributed by atoms with Gasteiger partial charge in [-0.1, -0.05) is 30.3 Å². The van der Waals surface area contributed by atoms with E-state index in [0.29, 0.717) is 11.3 Å². The number of carbonyl (C=O) groups excluding carboxylic acids is 1. The molecular formula is C31H28FN7O5. The third-order valence-corrected chi connectivity index (χ3v) is 6.73. The highest BCUT2D eigenvalue weighted by atomic mass is 19.1. The Morgan fingerprint density at radius 3 is 2.45 bits per heavy atom. The fourth-order valence-corrected chi connectivity index (χ4v) is 4.64. The normalized spacial score (nSPS) is 11.4. The van der Waals surface area contributed by atoms with E-state index in [1.807, 2.05) is 36.4 Å². The van der Waals surface area contributed by atoms with Crippen LogP contribution in [0.3, 0.4) is 0 Å². The van der Waals surface area contributed by atoms with Gasteiger partial charge in [-0.25, -0.2) is 19.0 Å². The number of nitrogens with zero attached hydrogens (tertiary/aromatic N) is 5. The Labute approximate surface area is 251 Å². The Hall–Kier alpha value is -5.90. The lowest BCUT2D eigenvalue weighted by molar-refractivity contribution is 0.0514. The first-order valence-corrected chi connectivity index (χ1v) is 13.5. The topological polar surface area (TPSA) is 149 Å². The highest BCUT2D eigenvalue weighted by Crippen LogP contribution is 2.35. The monoisotopic (exact) mass is 597 g/mol. The number of aromatic nitrogens is 5. The standard InChI is InChI=1S/C31H28FN7O5/c1-4-44-30(40)27-29(34-18-38(27)17-20-8-6-5-7-9-20)39-31(41)36-28(37-39)26(35-21-12-10-19(16-33)11-13-21)22-14-24(42-2)25(43-3)15-23(22)32/h5-15,18,26,35H,4,17H2,1-3H3,(H,36,37,41). The predicted octanol–water partition coefficient (Wildman–Crippen LogP) is 4.21. The number of aromatic amines is 1. The van der Waals surface area contributed by atoms with E-state index in [4.69, 9.17) is 14.2 Å². The summed E-state index contributed by atoms with van der Waals surface area (Å²) >= 11 is 0. The number of hydrogen-bond acceptors (Lipinski definition) is 9. The van der Waals surface area contributed by atoms with Crippen LogP contribution in [-0.2, 0) is 11.3 Å². The van der Waals surface area contributed by atoms with Gasteiger partial charge in [-0.2, -0.15) is 9.94 Å². The molecule has 2 N–H and O–H groups in total. The van der Waals surface area contributed by atoms with Gasteiger partial charge in [-0.05, 0) is 42.8 Å². The first kappa shape index (κ1) is 29.6. The van der Waals surface area contributed by atoms with Crippen molar-refractivity contribution in [1.29, 1.82) is 5.26 Å². The third kappa shape index (κ3) is 6.00. The van der Waals surface area contributed by atoms with Gasteiger partial charge in [0.2, 0.25) is 0 Å². The summed E-state index contributed by atoms with van der Waals surface area (Å²) in [6.45, 7) is 2.06. The van der Waals surface area contributed by atoms with Crippen molar-refractivity contribution in [1.82, 2.24) is 24.3 Å². The van der Waals surface area contributed by atoms with Gasteiger partial charge in [-0.15, -0.1) is 5.10 Å². The number of carbonyl (C=O) groups is 1. The molecule has 224 valence electrons. The van der Waals surface area contributed by atoms with Crippen LogP contribution in [0.25, 0.3) is 5.82 Å². The van der Waals surface area contributed by atoms with Gasteiger partial charge in [0.05, 0.1) is 38.8 Å². The van der Waals surface area contributed by atoms with Crippen LogP contribution in [0.2, 0.25) is 0 Å². The third-order valence-electron chi connectivity index (χ3n) is 6.73. The minimum atomic E-state index is -1.06. The molecule has 0 spiro atoms. The number of H-pyrrole nitrogens is 1. The molecule has 5 rings (SSSR count). The van der Waals surface area contributed by atoms with Gasteiger partial charge in [0.1, 0.15) is 11.9 Å². The van der Waals surface area contributed by atoms with Crippen molar-refractivity contribution in [3.05, 3.63) is 118 Å². The molecular weight excluding hydrogens is 569 g/mol. The maximum atomic E-state index is 15.6. The molecule has 0 radical (unpaired) electrons. The molecule has 44 heavy (non-hydrogen) atoms. The van der Waals surface area contributed by atoms with Crippen molar-refractivity contribution in [2.24, 2.45) is 0 Å². The van der Waals surface area contributed by atoms with E-state index >= 15 is 4.39 Å². The van der Waals surface area contributed by atoms with E-state index in [1.54, 1.807) is 35.8 Å². The average Bonchev–Trinajstić information content (AvgIpc) is 3.63. The summed E-state index contributed by atoms with van der Waals surface area (Å²) in [5.41, 5.74) is 1.21. The lowest BCUT2D eigenvalue weighted by Crippen LogP contribution is -2.21. The van der Waals surface area contributed by atoms with E-state index in [9.17, 15) is 14.9 Å². The highest BCUT2D eigenvalue weighted by molar-refractivity contribution is 5.91. The molecule has 0 fully saturated rings. The van der Waals surface area contributed by atoms with E-state index in [2.05, 4.69) is 20.4 Å². The van der Waals surface area contributed by atoms with Crippen LogP contribution in [0, 0.1) is 17.1 Å². The average molecular weight is 598 g/mol. The molecule has 1 atom stereocenters. The quantitative estimate of drug-likeness (QED) is 0.214. The van der Waals surface area contributed by atoms with Crippen LogP contribution in [0.1, 0.15) is 46.0 Å². The molecule has 2 aromatic heterocycles. The zero-order valence-corrected chi connectivity index (χ0v) is 24.1. The molecule has 0 saturated heterocycles. The molecule has 0 aliphatic rings. The fourth-order valence-electron chi connectivity index (χ4n) is 4.64. The Balaban J connectivity index is 1.62. The zero-order chi connectivity index (χ0) is 31.2. The second-order valence-corrected chi connectivity index (χ2v) is 9.47. The Morgan fingerprint density at radius 1 is 1.09 bits per heavy atom. The number of methoxy groups -OCH3 is 2. The lowest BCUT2D eigenvalue weighted by atomic mass is 10.0. The van der Waals surface area contributed by atoms with Crippen LogP contribution >= 0.6 is 0 Å². The summed E-state index contributed by atoms with van der Waals surface area (Å²) in [5, 5.41) is 16.8. The number of hydrogen-bond donors (Lipinski definition) is 2. The largest absolute Gasteiger partial charge is 0.493 e. The smallest absolute Gasteiger partial charge is 0.358 e. The molecule has 3 aromatic carbocycles. The van der Waals surface area contributed by atoms with Crippen molar-refractivity contribution >= 4 is 11.7 Å². The lowest BCUT2D eigenvalue weighted by Gasteiger charge is -2.20. The SMILES string of the molecule is CCOC(=O)c1c(-n2nc(C(Nc3ccc(C#N)cc3)c3cc(OC)c(OC)cc3F)[nH]c2=O)ncn1Cc1ccccc1. The number of nitriles is 1.